The number of piperidine rings is 1. The van der Waals surface area contributed by atoms with Gasteiger partial charge >= 0.3 is 0 Å². The first-order valence-corrected chi connectivity index (χ1v) is 8.51. The number of amides is 1. The molecule has 7 heteroatoms. The van der Waals surface area contributed by atoms with Crippen LogP contribution in [0.5, 0.6) is 0 Å². The summed E-state index contributed by atoms with van der Waals surface area (Å²) in [5.74, 6) is 0.374. The molecule has 6 nitrogen and oxygen atoms in total. The van der Waals surface area contributed by atoms with E-state index in [1.807, 2.05) is 24.1 Å². The largest absolute Gasteiger partial charge is 0.339 e. The highest BCUT2D eigenvalue weighted by molar-refractivity contribution is 5.85. The van der Waals surface area contributed by atoms with Gasteiger partial charge in [0.1, 0.15) is 12.7 Å². The molecule has 0 spiro atoms. The topological polar surface area (TPSA) is 63.1 Å². The lowest BCUT2D eigenvalue weighted by molar-refractivity contribution is -0.137. The number of carbonyl (C=O) groups is 1. The molecule has 1 aliphatic heterocycles. The maximum Gasteiger partial charge on any atom is 0.226 e. The van der Waals surface area contributed by atoms with E-state index in [1.165, 1.54) is 6.33 Å². The molecule has 2 aromatic rings. The molecule has 1 amide bonds. The number of hydrogen-bond donors (Lipinski definition) is 1. The number of nitrogens with zero attached hydrogens (tertiary/aromatic N) is 4. The first-order valence-electron chi connectivity index (χ1n) is 8.51. The van der Waals surface area contributed by atoms with E-state index >= 15 is 0 Å². The van der Waals surface area contributed by atoms with Crippen molar-refractivity contribution >= 4 is 18.3 Å². The van der Waals surface area contributed by atoms with Crippen LogP contribution >= 0.6 is 12.4 Å². The molecular weight excluding hydrogens is 338 g/mol. The van der Waals surface area contributed by atoms with E-state index in [2.05, 4.69) is 41.4 Å². The fraction of sp³-hybridized carbons (Fsp3) is 0.500. The van der Waals surface area contributed by atoms with Gasteiger partial charge in [-0.25, -0.2) is 9.67 Å². The lowest BCUT2D eigenvalue weighted by Crippen LogP contribution is -2.43. The summed E-state index contributed by atoms with van der Waals surface area (Å²) in [5.41, 5.74) is 2.08. The summed E-state index contributed by atoms with van der Waals surface area (Å²) in [6.45, 7) is 5.14. The van der Waals surface area contributed by atoms with Crippen LogP contribution in [0.25, 0.3) is 5.69 Å². The monoisotopic (exact) mass is 363 g/mol. The van der Waals surface area contributed by atoms with Gasteiger partial charge in [-0.2, -0.15) is 5.10 Å². The highest BCUT2D eigenvalue weighted by Crippen LogP contribution is 2.25. The number of nitrogens with one attached hydrogen (secondary N) is 1. The third-order valence-corrected chi connectivity index (χ3v) is 4.96. The van der Waals surface area contributed by atoms with Gasteiger partial charge in [-0.05, 0) is 50.9 Å². The number of carbonyl (C=O) groups excluding carboxylic acids is 1. The Hall–Kier alpha value is -1.92. The Morgan fingerprint density at radius 2 is 2.08 bits per heavy atom. The molecule has 3 rings (SSSR count). The van der Waals surface area contributed by atoms with Crippen LogP contribution in [0.2, 0.25) is 0 Å². The summed E-state index contributed by atoms with van der Waals surface area (Å²) in [4.78, 5) is 18.6. The van der Waals surface area contributed by atoms with Crippen LogP contribution in [-0.4, -0.2) is 45.2 Å². The Balaban J connectivity index is 0.00000225. The second-order valence-corrected chi connectivity index (χ2v) is 6.63. The number of rotatable bonds is 4. The first kappa shape index (κ1) is 19.4. The highest BCUT2D eigenvalue weighted by Gasteiger charge is 2.29. The lowest BCUT2D eigenvalue weighted by Gasteiger charge is -2.33. The van der Waals surface area contributed by atoms with Crippen LogP contribution in [0, 0.1) is 5.92 Å². The van der Waals surface area contributed by atoms with Crippen LogP contribution in [0.15, 0.2) is 36.9 Å². The summed E-state index contributed by atoms with van der Waals surface area (Å²) < 4.78 is 1.72. The summed E-state index contributed by atoms with van der Waals surface area (Å²) in [6, 6.07) is 8.58. The molecule has 1 fully saturated rings. The van der Waals surface area contributed by atoms with Crippen molar-refractivity contribution in [2.75, 3.05) is 13.6 Å². The van der Waals surface area contributed by atoms with E-state index in [0.29, 0.717) is 6.04 Å². The minimum absolute atomic E-state index is 0. The molecular formula is C18H26ClN5O. The Bertz CT molecular complexity index is 673. The van der Waals surface area contributed by atoms with Gasteiger partial charge in [0.15, 0.2) is 0 Å². The maximum absolute atomic E-state index is 12.8. The maximum atomic E-state index is 12.8. The summed E-state index contributed by atoms with van der Waals surface area (Å²) >= 11 is 0. The molecule has 25 heavy (non-hydrogen) atoms. The van der Waals surface area contributed by atoms with Crippen LogP contribution in [0.3, 0.4) is 0 Å². The normalized spacial score (nSPS) is 21.2. The molecule has 1 N–H and O–H groups in total. The van der Waals surface area contributed by atoms with Crippen molar-refractivity contribution in [3.8, 4) is 5.69 Å². The zero-order valence-electron chi connectivity index (χ0n) is 14.9. The van der Waals surface area contributed by atoms with Crippen LogP contribution in [0.4, 0.5) is 0 Å². The number of benzene rings is 1. The van der Waals surface area contributed by atoms with E-state index in [1.54, 1.807) is 11.0 Å². The van der Waals surface area contributed by atoms with Gasteiger partial charge in [0.2, 0.25) is 5.91 Å². The average Bonchev–Trinajstić information content (AvgIpc) is 3.14. The fourth-order valence-corrected chi connectivity index (χ4v) is 3.31. The van der Waals surface area contributed by atoms with Crippen molar-refractivity contribution in [3.05, 3.63) is 42.5 Å². The van der Waals surface area contributed by atoms with Crippen molar-refractivity contribution in [2.24, 2.45) is 5.92 Å². The molecule has 1 aromatic carbocycles. The summed E-state index contributed by atoms with van der Waals surface area (Å²) in [7, 11) is 1.91. The zero-order valence-corrected chi connectivity index (χ0v) is 15.7. The minimum atomic E-state index is 0. The molecule has 1 aromatic heterocycles. The predicted molar refractivity (Wildman–Crippen MR) is 100.0 cm³/mol. The van der Waals surface area contributed by atoms with Gasteiger partial charge < -0.3 is 10.2 Å². The predicted octanol–water partition coefficient (Wildman–Crippen LogP) is 2.60. The lowest BCUT2D eigenvalue weighted by atomic mass is 9.91. The van der Waals surface area contributed by atoms with E-state index in [4.69, 9.17) is 0 Å². The average molecular weight is 364 g/mol. The minimum Gasteiger partial charge on any atom is -0.339 e. The first-order chi connectivity index (χ1) is 11.6. The van der Waals surface area contributed by atoms with E-state index in [0.717, 1.165) is 30.6 Å². The second kappa shape index (κ2) is 8.45. The standard InChI is InChI=1S/C18H25N5O.ClH/c1-13-10-16(8-9-20-13)18(24)22(3)14(2)15-4-6-17(7-5-15)23-12-19-11-21-23;/h4-7,11-14,16,20H,8-10H2,1-3H3;1H/t13-,14?,16-;/m0./s1. The van der Waals surface area contributed by atoms with Crippen LogP contribution in [-0.2, 0) is 4.79 Å². The Morgan fingerprint density at radius 1 is 1.36 bits per heavy atom. The zero-order chi connectivity index (χ0) is 17.1. The third kappa shape index (κ3) is 4.38. The van der Waals surface area contributed by atoms with Gasteiger partial charge in [0.25, 0.3) is 0 Å². The quantitative estimate of drug-likeness (QED) is 0.906. The molecule has 136 valence electrons. The van der Waals surface area contributed by atoms with Crippen molar-refractivity contribution in [1.82, 2.24) is 25.0 Å². The van der Waals surface area contributed by atoms with Gasteiger partial charge in [-0.1, -0.05) is 12.1 Å². The Kier molecular flexibility index (Phi) is 6.56. The molecule has 0 bridgehead atoms. The smallest absolute Gasteiger partial charge is 0.226 e. The van der Waals surface area contributed by atoms with E-state index in [9.17, 15) is 4.79 Å². The molecule has 2 heterocycles. The van der Waals surface area contributed by atoms with Crippen LogP contribution < -0.4 is 5.32 Å². The summed E-state index contributed by atoms with van der Waals surface area (Å²) in [6.07, 6.45) is 5.03. The van der Waals surface area contributed by atoms with Gasteiger partial charge in [-0.15, -0.1) is 12.4 Å². The van der Waals surface area contributed by atoms with Crippen molar-refractivity contribution in [2.45, 2.75) is 38.8 Å². The van der Waals surface area contributed by atoms with Crippen molar-refractivity contribution in [1.29, 1.82) is 0 Å². The molecule has 1 aliphatic rings. The van der Waals surface area contributed by atoms with Crippen LogP contribution in [0.1, 0.15) is 38.3 Å². The molecule has 0 saturated carbocycles. The SMILES string of the molecule is CC(c1ccc(-n2cncn2)cc1)N(C)C(=O)[C@H]1CCN[C@@H](C)C1.Cl. The highest BCUT2D eigenvalue weighted by atomic mass is 35.5. The van der Waals surface area contributed by atoms with E-state index < -0.39 is 0 Å². The van der Waals surface area contributed by atoms with Crippen molar-refractivity contribution < 1.29 is 4.79 Å². The number of hydrogen-bond acceptors (Lipinski definition) is 4. The number of halogens is 1. The number of aromatic nitrogens is 3. The molecule has 1 saturated heterocycles. The Morgan fingerprint density at radius 3 is 2.68 bits per heavy atom. The molecule has 1 unspecified atom stereocenters. The van der Waals surface area contributed by atoms with E-state index in [-0.39, 0.29) is 30.3 Å². The molecule has 0 aliphatic carbocycles. The third-order valence-electron chi connectivity index (χ3n) is 4.96. The summed E-state index contributed by atoms with van der Waals surface area (Å²) in [5, 5.41) is 7.53. The van der Waals surface area contributed by atoms with Crippen molar-refractivity contribution in [3.63, 3.8) is 0 Å². The fourth-order valence-electron chi connectivity index (χ4n) is 3.31. The molecule has 3 atom stereocenters. The van der Waals surface area contributed by atoms with Gasteiger partial charge in [-0.3, -0.25) is 4.79 Å². The van der Waals surface area contributed by atoms with Gasteiger partial charge in [0, 0.05) is 19.0 Å². The second-order valence-electron chi connectivity index (χ2n) is 6.63. The Labute approximate surface area is 155 Å². The van der Waals surface area contributed by atoms with Gasteiger partial charge in [0.05, 0.1) is 11.7 Å². The molecule has 0 radical (unpaired) electrons.